The predicted octanol–water partition coefficient (Wildman–Crippen LogP) is 12.4. The summed E-state index contributed by atoms with van der Waals surface area (Å²) >= 11 is 0. The van der Waals surface area contributed by atoms with E-state index in [1.807, 2.05) is 48.5 Å². The Labute approximate surface area is 316 Å². The van der Waals surface area contributed by atoms with Gasteiger partial charge in [-0.1, -0.05) is 109 Å². The van der Waals surface area contributed by atoms with Crippen LogP contribution in [-0.4, -0.2) is 13.7 Å². The SMILES string of the molecule is N#Cc1ccc(-n2c3ccccc3c3ccc(-n4c5ccccc5c5ccccc54)cc32)c(-c2ccccc2-n2c3ccccc3c3cccc(C#N)c32)c1. The summed E-state index contributed by atoms with van der Waals surface area (Å²) < 4.78 is 6.92. The summed E-state index contributed by atoms with van der Waals surface area (Å²) in [5, 5.41) is 27.5. The van der Waals surface area contributed by atoms with Crippen LogP contribution in [0.25, 0.3) is 93.6 Å². The molecule has 254 valence electrons. The predicted molar refractivity (Wildman–Crippen MR) is 224 cm³/mol. The van der Waals surface area contributed by atoms with Gasteiger partial charge in [-0.3, -0.25) is 0 Å². The number of hydrogen-bond donors (Lipinski definition) is 0. The second-order valence-corrected chi connectivity index (χ2v) is 14.0. The van der Waals surface area contributed by atoms with Crippen molar-refractivity contribution < 1.29 is 0 Å². The number of nitriles is 2. The normalized spacial score (nSPS) is 11.6. The molecule has 0 radical (unpaired) electrons. The Kier molecular flexibility index (Phi) is 6.61. The van der Waals surface area contributed by atoms with Gasteiger partial charge in [0.05, 0.1) is 61.7 Å². The van der Waals surface area contributed by atoms with Crippen molar-refractivity contribution in [2.75, 3.05) is 0 Å². The summed E-state index contributed by atoms with van der Waals surface area (Å²) in [5.74, 6) is 0. The maximum absolute atomic E-state index is 10.4. The first-order valence-corrected chi connectivity index (χ1v) is 18.3. The van der Waals surface area contributed by atoms with Crippen LogP contribution in [-0.2, 0) is 0 Å². The molecule has 0 N–H and O–H groups in total. The molecule has 8 aromatic carbocycles. The molecule has 0 saturated carbocycles. The molecule has 5 heteroatoms. The Hall–Kier alpha value is -7.86. The minimum Gasteiger partial charge on any atom is -0.309 e. The van der Waals surface area contributed by atoms with Gasteiger partial charge in [-0.25, -0.2) is 0 Å². The van der Waals surface area contributed by atoms with E-state index in [2.05, 4.69) is 153 Å². The first-order chi connectivity index (χ1) is 27.2. The number of fused-ring (bicyclic) bond motifs is 9. The fourth-order valence-corrected chi connectivity index (χ4v) is 8.83. The number of rotatable bonds is 4. The molecule has 11 rings (SSSR count). The molecule has 5 nitrogen and oxygen atoms in total. The molecule has 3 heterocycles. The molecule has 3 aromatic heterocycles. The molecule has 0 saturated heterocycles. The van der Waals surface area contributed by atoms with Crippen molar-refractivity contribution in [2.45, 2.75) is 0 Å². The summed E-state index contributed by atoms with van der Waals surface area (Å²) in [5.41, 5.74) is 12.3. The molecule has 55 heavy (non-hydrogen) atoms. The molecule has 0 spiro atoms. The van der Waals surface area contributed by atoms with Gasteiger partial charge in [0.2, 0.25) is 0 Å². The third-order valence-electron chi connectivity index (χ3n) is 11.1. The zero-order chi connectivity index (χ0) is 36.6. The van der Waals surface area contributed by atoms with E-state index < -0.39 is 0 Å². The van der Waals surface area contributed by atoms with Gasteiger partial charge in [0.1, 0.15) is 6.07 Å². The van der Waals surface area contributed by atoms with Crippen molar-refractivity contribution >= 4 is 65.4 Å². The maximum Gasteiger partial charge on any atom is 0.101 e. The molecule has 0 bridgehead atoms. The van der Waals surface area contributed by atoms with Crippen LogP contribution in [0.15, 0.2) is 176 Å². The van der Waals surface area contributed by atoms with Crippen LogP contribution < -0.4 is 0 Å². The Balaban J connectivity index is 1.23. The zero-order valence-corrected chi connectivity index (χ0v) is 29.5. The summed E-state index contributed by atoms with van der Waals surface area (Å²) in [6.45, 7) is 0. The second kappa shape index (κ2) is 11.8. The van der Waals surface area contributed by atoms with Crippen molar-refractivity contribution in [1.82, 2.24) is 13.7 Å². The molecule has 0 fully saturated rings. The van der Waals surface area contributed by atoms with Gasteiger partial charge in [0.25, 0.3) is 0 Å². The van der Waals surface area contributed by atoms with Crippen LogP contribution >= 0.6 is 0 Å². The number of hydrogen-bond acceptors (Lipinski definition) is 2. The van der Waals surface area contributed by atoms with Crippen LogP contribution in [0.5, 0.6) is 0 Å². The Bertz CT molecular complexity index is 3420. The first kappa shape index (κ1) is 30.7. The van der Waals surface area contributed by atoms with E-state index in [0.717, 1.165) is 82.8 Å². The number of benzene rings is 8. The Morgan fingerprint density at radius 2 is 0.873 bits per heavy atom. The van der Waals surface area contributed by atoms with Crippen molar-refractivity contribution in [3.63, 3.8) is 0 Å². The van der Waals surface area contributed by atoms with E-state index in [-0.39, 0.29) is 0 Å². The number of aromatic nitrogens is 3. The molecule has 0 atom stereocenters. The van der Waals surface area contributed by atoms with E-state index in [1.54, 1.807) is 0 Å². The van der Waals surface area contributed by atoms with Crippen molar-refractivity contribution in [3.8, 4) is 40.3 Å². The average molecular weight is 700 g/mol. The number of para-hydroxylation sites is 6. The van der Waals surface area contributed by atoms with Crippen molar-refractivity contribution in [3.05, 3.63) is 187 Å². The zero-order valence-electron chi connectivity index (χ0n) is 29.5. The van der Waals surface area contributed by atoms with Gasteiger partial charge in [0.15, 0.2) is 0 Å². The summed E-state index contributed by atoms with van der Waals surface area (Å²) in [4.78, 5) is 0. The van der Waals surface area contributed by atoms with Gasteiger partial charge in [-0.15, -0.1) is 0 Å². The largest absolute Gasteiger partial charge is 0.309 e. The van der Waals surface area contributed by atoms with Gasteiger partial charge < -0.3 is 13.7 Å². The smallest absolute Gasteiger partial charge is 0.101 e. The molecular weight excluding hydrogens is 671 g/mol. The lowest BCUT2D eigenvalue weighted by atomic mass is 9.98. The monoisotopic (exact) mass is 699 g/mol. The first-order valence-electron chi connectivity index (χ1n) is 18.3. The van der Waals surface area contributed by atoms with Crippen molar-refractivity contribution in [2.24, 2.45) is 0 Å². The highest BCUT2D eigenvalue weighted by Gasteiger charge is 2.22. The van der Waals surface area contributed by atoms with Gasteiger partial charge in [0, 0.05) is 49.1 Å². The standard InChI is InChI=1S/C50H29N5/c51-30-32-24-27-48(42(28-32)39-17-5-10-23-47(39)55-46-22-9-4-16-38(46)41-18-11-12-33(31-52)50(41)55)54-45-21-8-3-15-37(45)40-26-25-34(29-49(40)54)53-43-19-6-1-13-35(43)36-14-2-7-20-44(36)53/h1-29H. The Morgan fingerprint density at radius 1 is 0.345 bits per heavy atom. The van der Waals surface area contributed by atoms with Crippen LogP contribution in [0.4, 0.5) is 0 Å². The minimum atomic E-state index is 0.570. The third kappa shape index (κ3) is 4.39. The lowest BCUT2D eigenvalue weighted by Crippen LogP contribution is -2.03. The van der Waals surface area contributed by atoms with Crippen LogP contribution in [0, 0.1) is 22.7 Å². The lowest BCUT2D eigenvalue weighted by molar-refractivity contribution is 1.15. The van der Waals surface area contributed by atoms with Crippen LogP contribution in [0.2, 0.25) is 0 Å². The molecular formula is C50H29N5. The van der Waals surface area contributed by atoms with E-state index >= 15 is 0 Å². The third-order valence-corrected chi connectivity index (χ3v) is 11.1. The molecule has 0 aliphatic heterocycles. The molecule has 11 aromatic rings. The molecule has 0 amide bonds. The highest BCUT2D eigenvalue weighted by atomic mass is 15.0. The topological polar surface area (TPSA) is 62.4 Å². The van der Waals surface area contributed by atoms with E-state index in [1.165, 1.54) is 10.8 Å². The quantitative estimate of drug-likeness (QED) is 0.184. The molecule has 0 aliphatic carbocycles. The summed E-state index contributed by atoms with van der Waals surface area (Å²) in [6.07, 6.45) is 0. The van der Waals surface area contributed by atoms with Crippen LogP contribution in [0.3, 0.4) is 0 Å². The average Bonchev–Trinajstić information content (AvgIpc) is 3.89. The van der Waals surface area contributed by atoms with E-state index in [0.29, 0.717) is 11.1 Å². The van der Waals surface area contributed by atoms with Gasteiger partial charge in [-0.2, -0.15) is 10.5 Å². The van der Waals surface area contributed by atoms with E-state index in [9.17, 15) is 10.5 Å². The fraction of sp³-hybridized carbons (Fsp3) is 0. The number of nitrogens with zero attached hydrogens (tertiary/aromatic N) is 5. The second-order valence-electron chi connectivity index (χ2n) is 14.0. The highest BCUT2D eigenvalue weighted by Crippen LogP contribution is 2.42. The Morgan fingerprint density at radius 3 is 1.53 bits per heavy atom. The molecule has 0 unspecified atom stereocenters. The van der Waals surface area contributed by atoms with E-state index in [4.69, 9.17) is 0 Å². The fourth-order valence-electron chi connectivity index (χ4n) is 8.83. The van der Waals surface area contributed by atoms with Crippen LogP contribution in [0.1, 0.15) is 11.1 Å². The van der Waals surface area contributed by atoms with Gasteiger partial charge in [-0.05, 0) is 66.7 Å². The lowest BCUT2D eigenvalue weighted by Gasteiger charge is -2.19. The summed E-state index contributed by atoms with van der Waals surface area (Å²) in [7, 11) is 0. The maximum atomic E-state index is 10.4. The van der Waals surface area contributed by atoms with Gasteiger partial charge >= 0.3 is 0 Å². The summed E-state index contributed by atoms with van der Waals surface area (Å²) in [6, 6.07) is 65.9. The highest BCUT2D eigenvalue weighted by molar-refractivity contribution is 6.13. The minimum absolute atomic E-state index is 0.570. The molecule has 0 aliphatic rings. The van der Waals surface area contributed by atoms with Crippen molar-refractivity contribution in [1.29, 1.82) is 10.5 Å².